The Labute approximate surface area is 161 Å². The van der Waals surface area contributed by atoms with E-state index < -0.39 is 0 Å². The minimum atomic E-state index is -0.226. The Balaban J connectivity index is 1.45. The molecule has 1 amide bonds. The molecule has 1 saturated heterocycles. The lowest BCUT2D eigenvalue weighted by molar-refractivity contribution is 0.0162. The molecule has 0 bridgehead atoms. The number of thiophene rings is 1. The number of amides is 1. The monoisotopic (exact) mass is 383 g/mol. The summed E-state index contributed by atoms with van der Waals surface area (Å²) in [4.78, 5) is 15.9. The molecule has 1 N–H and O–H groups in total. The quantitative estimate of drug-likeness (QED) is 0.708. The van der Waals surface area contributed by atoms with Crippen LogP contribution in [0.25, 0.3) is 10.6 Å². The van der Waals surface area contributed by atoms with E-state index in [0.717, 1.165) is 18.0 Å². The van der Waals surface area contributed by atoms with Crippen LogP contribution in [-0.4, -0.2) is 48.8 Å². The third-order valence-corrected chi connectivity index (χ3v) is 5.52. The lowest BCUT2D eigenvalue weighted by Crippen LogP contribution is -2.43. The summed E-state index contributed by atoms with van der Waals surface area (Å²) >= 11 is 1.55. The van der Waals surface area contributed by atoms with Crippen LogP contribution in [0.2, 0.25) is 0 Å². The molecule has 0 aliphatic carbocycles. The summed E-state index contributed by atoms with van der Waals surface area (Å²) < 4.78 is 10.8. The van der Waals surface area contributed by atoms with Crippen molar-refractivity contribution in [1.82, 2.24) is 15.4 Å². The van der Waals surface area contributed by atoms with Gasteiger partial charge in [0.15, 0.2) is 11.5 Å². The molecule has 0 spiro atoms. The van der Waals surface area contributed by atoms with Crippen LogP contribution in [0.5, 0.6) is 0 Å². The summed E-state index contributed by atoms with van der Waals surface area (Å²) in [5.74, 6) is 0.388. The number of carbonyl (C=O) groups excluding carboxylic acids is 1. The van der Waals surface area contributed by atoms with E-state index in [1.165, 1.54) is 5.56 Å². The van der Waals surface area contributed by atoms with Crippen LogP contribution in [0.15, 0.2) is 58.4 Å². The Hall–Kier alpha value is -2.48. The van der Waals surface area contributed by atoms with Gasteiger partial charge in [-0.1, -0.05) is 41.6 Å². The fourth-order valence-corrected chi connectivity index (χ4v) is 3.89. The molecular formula is C20H21N3O3S. The summed E-state index contributed by atoms with van der Waals surface area (Å²) in [6.07, 6.45) is 0. The van der Waals surface area contributed by atoms with Gasteiger partial charge < -0.3 is 14.6 Å². The smallest absolute Gasteiger partial charge is 0.273 e. The normalized spacial score (nSPS) is 16.1. The van der Waals surface area contributed by atoms with Crippen molar-refractivity contribution in [3.63, 3.8) is 0 Å². The molecule has 3 aromatic rings. The van der Waals surface area contributed by atoms with Crippen molar-refractivity contribution < 1.29 is 14.1 Å². The van der Waals surface area contributed by atoms with Crippen molar-refractivity contribution in [3.05, 3.63) is 65.2 Å². The molecular weight excluding hydrogens is 362 g/mol. The zero-order valence-corrected chi connectivity index (χ0v) is 15.7. The zero-order valence-electron chi connectivity index (χ0n) is 14.8. The van der Waals surface area contributed by atoms with Gasteiger partial charge in [0.05, 0.1) is 24.1 Å². The van der Waals surface area contributed by atoms with Gasteiger partial charge >= 0.3 is 0 Å². The Morgan fingerprint density at radius 3 is 2.74 bits per heavy atom. The first-order chi connectivity index (χ1) is 13.3. The number of hydrogen-bond acceptors (Lipinski definition) is 6. The Morgan fingerprint density at radius 1 is 1.19 bits per heavy atom. The third kappa shape index (κ3) is 4.27. The first-order valence-corrected chi connectivity index (χ1v) is 9.85. The summed E-state index contributed by atoms with van der Waals surface area (Å²) in [7, 11) is 0. The fourth-order valence-electron chi connectivity index (χ4n) is 3.22. The molecule has 1 aliphatic heterocycles. The van der Waals surface area contributed by atoms with E-state index >= 15 is 0 Å². The van der Waals surface area contributed by atoms with Crippen LogP contribution in [0.1, 0.15) is 22.1 Å². The lowest BCUT2D eigenvalue weighted by Gasteiger charge is -2.34. The highest BCUT2D eigenvalue weighted by molar-refractivity contribution is 7.13. The molecule has 3 heterocycles. The van der Waals surface area contributed by atoms with Gasteiger partial charge in [-0.2, -0.15) is 0 Å². The first-order valence-electron chi connectivity index (χ1n) is 8.97. The van der Waals surface area contributed by atoms with Gasteiger partial charge in [0, 0.05) is 25.7 Å². The van der Waals surface area contributed by atoms with Crippen molar-refractivity contribution in [2.45, 2.75) is 6.04 Å². The molecule has 1 atom stereocenters. The topological polar surface area (TPSA) is 67.6 Å². The third-order valence-electron chi connectivity index (χ3n) is 4.63. The predicted octanol–water partition coefficient (Wildman–Crippen LogP) is 3.21. The maximum absolute atomic E-state index is 12.6. The van der Waals surface area contributed by atoms with Crippen molar-refractivity contribution in [3.8, 4) is 10.6 Å². The second-order valence-corrected chi connectivity index (χ2v) is 7.29. The number of nitrogens with one attached hydrogen (secondary N) is 1. The number of ether oxygens (including phenoxy) is 1. The second-order valence-electron chi connectivity index (χ2n) is 6.34. The van der Waals surface area contributed by atoms with E-state index in [0.29, 0.717) is 31.2 Å². The Kier molecular flexibility index (Phi) is 5.62. The standard InChI is InChI=1S/C20H21N3O3S/c24-20(16-13-18(26-22-16)19-7-4-12-27-19)21-14-17(15-5-2-1-3-6-15)23-8-10-25-11-9-23/h1-7,12-13,17H,8-11,14H2,(H,21,24)/t17-/m0/s1. The summed E-state index contributed by atoms with van der Waals surface area (Å²) in [6, 6.07) is 15.9. The Morgan fingerprint density at radius 2 is 2.00 bits per heavy atom. The minimum Gasteiger partial charge on any atom is -0.379 e. The van der Waals surface area contributed by atoms with Gasteiger partial charge in [-0.15, -0.1) is 11.3 Å². The summed E-state index contributed by atoms with van der Waals surface area (Å²) in [6.45, 7) is 3.63. The number of nitrogens with zero attached hydrogens (tertiary/aromatic N) is 2. The number of hydrogen-bond donors (Lipinski definition) is 1. The number of carbonyl (C=O) groups is 1. The van der Waals surface area contributed by atoms with Crippen molar-refractivity contribution in [2.24, 2.45) is 0 Å². The van der Waals surface area contributed by atoms with Crippen LogP contribution in [0.3, 0.4) is 0 Å². The SMILES string of the molecule is O=C(NC[C@@H](c1ccccc1)N1CCOCC1)c1cc(-c2cccs2)on1. The summed E-state index contributed by atoms with van der Waals surface area (Å²) in [5, 5.41) is 8.90. The molecule has 0 unspecified atom stereocenters. The number of benzene rings is 1. The Bertz CT molecular complexity index is 858. The molecule has 6 nitrogen and oxygen atoms in total. The van der Waals surface area contributed by atoms with Crippen molar-refractivity contribution >= 4 is 17.2 Å². The van der Waals surface area contributed by atoms with E-state index in [1.54, 1.807) is 17.4 Å². The van der Waals surface area contributed by atoms with Crippen LogP contribution in [0.4, 0.5) is 0 Å². The van der Waals surface area contributed by atoms with Crippen molar-refractivity contribution in [1.29, 1.82) is 0 Å². The average Bonchev–Trinajstić information content (AvgIpc) is 3.41. The molecule has 1 aromatic carbocycles. The van der Waals surface area contributed by atoms with E-state index in [2.05, 4.69) is 27.5 Å². The molecule has 1 aliphatic rings. The molecule has 2 aromatic heterocycles. The molecule has 0 radical (unpaired) electrons. The molecule has 4 rings (SSSR count). The predicted molar refractivity (Wildman–Crippen MR) is 104 cm³/mol. The van der Waals surface area contributed by atoms with Gasteiger partial charge in [-0.05, 0) is 17.0 Å². The average molecular weight is 383 g/mol. The molecule has 1 fully saturated rings. The maximum Gasteiger partial charge on any atom is 0.273 e. The number of rotatable bonds is 6. The highest BCUT2D eigenvalue weighted by Gasteiger charge is 2.24. The van der Waals surface area contributed by atoms with Crippen LogP contribution >= 0.6 is 11.3 Å². The van der Waals surface area contributed by atoms with Gasteiger partial charge in [0.25, 0.3) is 5.91 Å². The van der Waals surface area contributed by atoms with Gasteiger partial charge in [0.1, 0.15) is 0 Å². The van der Waals surface area contributed by atoms with Crippen molar-refractivity contribution in [2.75, 3.05) is 32.8 Å². The van der Waals surface area contributed by atoms with E-state index in [-0.39, 0.29) is 11.9 Å². The summed E-state index contributed by atoms with van der Waals surface area (Å²) in [5.41, 5.74) is 1.48. The van der Waals surface area contributed by atoms with Gasteiger partial charge in [-0.25, -0.2) is 0 Å². The van der Waals surface area contributed by atoms with Crippen LogP contribution in [0, 0.1) is 0 Å². The first kappa shape index (κ1) is 17.9. The molecule has 0 saturated carbocycles. The molecule has 140 valence electrons. The molecule has 27 heavy (non-hydrogen) atoms. The van der Waals surface area contributed by atoms with Crippen LogP contribution < -0.4 is 5.32 Å². The lowest BCUT2D eigenvalue weighted by atomic mass is 10.0. The van der Waals surface area contributed by atoms with E-state index in [9.17, 15) is 4.79 Å². The fraction of sp³-hybridized carbons (Fsp3) is 0.300. The number of aromatic nitrogens is 1. The van der Waals surface area contributed by atoms with E-state index in [1.807, 2.05) is 35.7 Å². The van der Waals surface area contributed by atoms with Crippen LogP contribution in [-0.2, 0) is 4.74 Å². The second kappa shape index (κ2) is 8.47. The van der Waals surface area contributed by atoms with E-state index in [4.69, 9.17) is 9.26 Å². The zero-order chi connectivity index (χ0) is 18.5. The molecule has 7 heteroatoms. The largest absolute Gasteiger partial charge is 0.379 e. The van der Waals surface area contributed by atoms with Gasteiger partial charge in [-0.3, -0.25) is 9.69 Å². The van der Waals surface area contributed by atoms with Gasteiger partial charge in [0.2, 0.25) is 0 Å². The maximum atomic E-state index is 12.6. The highest BCUT2D eigenvalue weighted by atomic mass is 32.1. The number of morpholine rings is 1. The minimum absolute atomic E-state index is 0.0997. The highest BCUT2D eigenvalue weighted by Crippen LogP contribution is 2.25.